The molecule has 1 aliphatic rings. The number of benzene rings is 2. The van der Waals surface area contributed by atoms with Crippen molar-refractivity contribution in [2.24, 2.45) is 5.73 Å². The monoisotopic (exact) mass is 498 g/mol. The minimum Gasteiger partial charge on any atom is -0.493 e. The number of hydrogen-bond acceptors (Lipinski definition) is 6. The van der Waals surface area contributed by atoms with Crippen molar-refractivity contribution >= 4 is 17.7 Å². The molecule has 36 heavy (non-hydrogen) atoms. The Labute approximate surface area is 213 Å². The van der Waals surface area contributed by atoms with E-state index in [1.54, 1.807) is 0 Å². The molecule has 2 aromatic rings. The number of carboxylic acids is 2. The molecule has 0 saturated carbocycles. The molecule has 1 aliphatic heterocycles. The van der Waals surface area contributed by atoms with Gasteiger partial charge in [0.15, 0.2) is 5.78 Å². The molecule has 0 unspecified atom stereocenters. The first kappa shape index (κ1) is 29.0. The normalized spacial score (nSPS) is 13.4. The van der Waals surface area contributed by atoms with Crippen molar-refractivity contribution in [2.75, 3.05) is 26.2 Å². The molecule has 196 valence electrons. The van der Waals surface area contributed by atoms with Crippen molar-refractivity contribution in [3.8, 4) is 5.75 Å². The summed E-state index contributed by atoms with van der Waals surface area (Å²) in [6, 6.07) is 10.4. The van der Waals surface area contributed by atoms with Gasteiger partial charge in [0.25, 0.3) is 0 Å². The minimum absolute atomic E-state index is 0.0220. The summed E-state index contributed by atoms with van der Waals surface area (Å²) in [6.45, 7) is 7.66. The maximum Gasteiger partial charge on any atom is 0.339 e. The average molecular weight is 499 g/mol. The fourth-order valence-electron chi connectivity index (χ4n) is 4.27. The molecular formula is C28H38N2O6. The van der Waals surface area contributed by atoms with Crippen molar-refractivity contribution in [1.29, 1.82) is 0 Å². The molecule has 0 spiro atoms. The van der Waals surface area contributed by atoms with Crippen LogP contribution in [0.1, 0.15) is 87.6 Å². The van der Waals surface area contributed by atoms with Gasteiger partial charge in [-0.1, -0.05) is 37.6 Å². The van der Waals surface area contributed by atoms with Gasteiger partial charge in [0.1, 0.15) is 11.3 Å². The Hall–Kier alpha value is -3.23. The fraction of sp³-hybridized carbons (Fsp3) is 0.464. The molecule has 1 heterocycles. The van der Waals surface area contributed by atoms with Crippen molar-refractivity contribution in [3.63, 3.8) is 0 Å². The predicted molar refractivity (Wildman–Crippen MR) is 139 cm³/mol. The summed E-state index contributed by atoms with van der Waals surface area (Å²) in [7, 11) is 0. The maximum absolute atomic E-state index is 12.2. The molecule has 0 atom stereocenters. The van der Waals surface area contributed by atoms with Gasteiger partial charge in [0.05, 0.1) is 12.2 Å². The Morgan fingerprint density at radius 1 is 0.972 bits per heavy atom. The molecule has 0 bridgehead atoms. The van der Waals surface area contributed by atoms with Gasteiger partial charge in [-0.3, -0.25) is 4.79 Å². The number of nitrogens with zero attached hydrogens (tertiary/aromatic N) is 1. The third-order valence-corrected chi connectivity index (χ3v) is 6.20. The molecule has 0 aromatic heterocycles. The van der Waals surface area contributed by atoms with E-state index < -0.39 is 11.9 Å². The molecule has 8 heteroatoms. The highest BCUT2D eigenvalue weighted by Crippen LogP contribution is 2.25. The number of Topliss-reactive ketones (excluding diaryl/α,β-unsaturated/α-hetero) is 1. The summed E-state index contributed by atoms with van der Waals surface area (Å²) in [4.78, 5) is 36.7. The molecule has 8 nitrogen and oxygen atoms in total. The van der Waals surface area contributed by atoms with E-state index in [1.165, 1.54) is 51.4 Å². The molecular weight excluding hydrogens is 460 g/mol. The number of piperidine rings is 1. The minimum atomic E-state index is -1.18. The molecule has 1 saturated heterocycles. The summed E-state index contributed by atoms with van der Waals surface area (Å²) >= 11 is 0. The number of nitrogens with two attached hydrogens (primary N) is 1. The van der Waals surface area contributed by atoms with Crippen molar-refractivity contribution in [2.45, 2.75) is 58.9 Å². The van der Waals surface area contributed by atoms with Crippen LogP contribution in [-0.4, -0.2) is 59.1 Å². The van der Waals surface area contributed by atoms with Gasteiger partial charge in [0, 0.05) is 18.5 Å². The molecule has 2 aromatic carbocycles. The van der Waals surface area contributed by atoms with Crippen molar-refractivity contribution in [3.05, 3.63) is 64.2 Å². The second-order valence-electron chi connectivity index (χ2n) is 8.86. The Morgan fingerprint density at radius 2 is 1.67 bits per heavy atom. The number of carbonyl (C=O) groups is 3. The SMILES string of the molecule is CCCOc1ccc(C(=O)O)c(C)c1C(=O)O.NCc1ccccc1C(=O)CCCN1CCCCC1. The Balaban J connectivity index is 0.000000255. The highest BCUT2D eigenvalue weighted by Gasteiger charge is 2.20. The maximum atomic E-state index is 12.2. The zero-order valence-corrected chi connectivity index (χ0v) is 21.3. The zero-order valence-electron chi connectivity index (χ0n) is 21.3. The van der Waals surface area contributed by atoms with E-state index in [0.717, 1.165) is 30.5 Å². The molecule has 0 aliphatic carbocycles. The molecule has 0 radical (unpaired) electrons. The van der Waals surface area contributed by atoms with Crippen LogP contribution in [0.2, 0.25) is 0 Å². The van der Waals surface area contributed by atoms with E-state index in [2.05, 4.69) is 4.90 Å². The van der Waals surface area contributed by atoms with Gasteiger partial charge < -0.3 is 25.6 Å². The van der Waals surface area contributed by atoms with Crippen LogP contribution < -0.4 is 10.5 Å². The van der Waals surface area contributed by atoms with E-state index in [1.807, 2.05) is 31.2 Å². The highest BCUT2D eigenvalue weighted by molar-refractivity contribution is 5.98. The topological polar surface area (TPSA) is 130 Å². The fourth-order valence-corrected chi connectivity index (χ4v) is 4.27. The van der Waals surface area contributed by atoms with Crippen LogP contribution in [0.4, 0.5) is 0 Å². The van der Waals surface area contributed by atoms with E-state index >= 15 is 0 Å². The third-order valence-electron chi connectivity index (χ3n) is 6.20. The van der Waals surface area contributed by atoms with E-state index in [4.69, 9.17) is 20.7 Å². The number of rotatable bonds is 11. The Morgan fingerprint density at radius 3 is 2.28 bits per heavy atom. The number of hydrogen-bond donors (Lipinski definition) is 3. The van der Waals surface area contributed by atoms with Gasteiger partial charge in [-0.15, -0.1) is 0 Å². The van der Waals surface area contributed by atoms with Crippen LogP contribution in [0.5, 0.6) is 5.75 Å². The van der Waals surface area contributed by atoms with Gasteiger partial charge in [-0.25, -0.2) is 9.59 Å². The number of ketones is 1. The van der Waals surface area contributed by atoms with E-state index in [9.17, 15) is 14.4 Å². The zero-order chi connectivity index (χ0) is 26.5. The summed E-state index contributed by atoms with van der Waals surface area (Å²) in [5.41, 5.74) is 7.55. The van der Waals surface area contributed by atoms with Crippen molar-refractivity contribution in [1.82, 2.24) is 4.90 Å². The lowest BCUT2D eigenvalue weighted by Crippen LogP contribution is -2.30. The molecule has 4 N–H and O–H groups in total. The highest BCUT2D eigenvalue weighted by atomic mass is 16.5. The van der Waals surface area contributed by atoms with Crippen LogP contribution in [-0.2, 0) is 6.54 Å². The lowest BCUT2D eigenvalue weighted by Gasteiger charge is -2.26. The van der Waals surface area contributed by atoms with Gasteiger partial charge >= 0.3 is 11.9 Å². The number of likely N-dealkylation sites (tertiary alicyclic amines) is 1. The second kappa shape index (κ2) is 15.0. The summed E-state index contributed by atoms with van der Waals surface area (Å²) < 4.78 is 5.29. The van der Waals surface area contributed by atoms with Crippen LogP contribution >= 0.6 is 0 Å². The van der Waals surface area contributed by atoms with Crippen LogP contribution in [0.25, 0.3) is 0 Å². The average Bonchev–Trinajstić information content (AvgIpc) is 2.87. The number of carboxylic acid groups (broad SMARTS) is 2. The Bertz CT molecular complexity index is 1030. The van der Waals surface area contributed by atoms with E-state index in [0.29, 0.717) is 19.6 Å². The Kier molecular flexibility index (Phi) is 12.1. The van der Waals surface area contributed by atoms with Gasteiger partial charge in [0.2, 0.25) is 0 Å². The van der Waals surface area contributed by atoms with E-state index in [-0.39, 0.29) is 28.2 Å². The van der Waals surface area contributed by atoms with Gasteiger partial charge in [-0.05, 0) is 75.5 Å². The molecule has 0 amide bonds. The standard InChI is InChI=1S/C16H24N2O.C12H14O5/c17-13-14-7-2-3-8-15(14)16(19)9-6-12-18-10-4-1-5-11-18;1-3-6-17-9-5-4-8(11(13)14)7(2)10(9)12(15)16/h2-3,7-8H,1,4-6,9-13,17H2;4-5H,3,6H2,1-2H3,(H,13,14)(H,15,16). The molecule has 1 fully saturated rings. The number of carbonyl (C=O) groups excluding carboxylic acids is 1. The lowest BCUT2D eigenvalue weighted by atomic mass is 10.0. The molecule has 3 rings (SSSR count). The van der Waals surface area contributed by atoms with Gasteiger partial charge in [-0.2, -0.15) is 0 Å². The first-order valence-electron chi connectivity index (χ1n) is 12.6. The van der Waals surface area contributed by atoms with Crippen LogP contribution in [0.3, 0.4) is 0 Å². The summed E-state index contributed by atoms with van der Waals surface area (Å²) in [5.74, 6) is -1.89. The summed E-state index contributed by atoms with van der Waals surface area (Å²) in [5, 5.41) is 18.0. The van der Waals surface area contributed by atoms with Crippen LogP contribution in [0.15, 0.2) is 36.4 Å². The third kappa shape index (κ3) is 8.46. The van der Waals surface area contributed by atoms with Crippen LogP contribution in [0, 0.1) is 6.92 Å². The van der Waals surface area contributed by atoms with Crippen molar-refractivity contribution < 1.29 is 29.3 Å². The predicted octanol–water partition coefficient (Wildman–Crippen LogP) is 4.77. The number of ether oxygens (including phenoxy) is 1. The first-order chi connectivity index (χ1) is 17.3. The smallest absolute Gasteiger partial charge is 0.339 e. The number of aromatic carboxylic acids is 2. The quantitative estimate of drug-likeness (QED) is 0.378. The summed E-state index contributed by atoms with van der Waals surface area (Å²) in [6.07, 6.45) is 6.32. The first-order valence-corrected chi connectivity index (χ1v) is 12.6. The second-order valence-corrected chi connectivity index (χ2v) is 8.86. The largest absolute Gasteiger partial charge is 0.493 e. The lowest BCUT2D eigenvalue weighted by molar-refractivity contribution is 0.0691.